The summed E-state index contributed by atoms with van der Waals surface area (Å²) in [5.41, 5.74) is 2.07. The minimum atomic E-state index is 0.691. The topological polar surface area (TPSA) is 30.5 Å². The number of hydrogen-bond donors (Lipinski definition) is 1. The van der Waals surface area contributed by atoms with E-state index in [9.17, 15) is 0 Å². The van der Waals surface area contributed by atoms with Crippen LogP contribution in [-0.4, -0.2) is 13.2 Å². The first-order chi connectivity index (χ1) is 10.2. The molecule has 110 valence electrons. The van der Waals surface area contributed by atoms with E-state index in [0.717, 1.165) is 37.8 Å². The molecule has 0 fully saturated rings. The lowest BCUT2D eigenvalue weighted by atomic mass is 10.2. The second kappa shape index (κ2) is 6.75. The molecular formula is C16H15ClINO2. The van der Waals surface area contributed by atoms with Gasteiger partial charge in [-0.3, -0.25) is 0 Å². The first-order valence-corrected chi connectivity index (χ1v) is 8.25. The predicted octanol–water partition coefficient (Wildman–Crippen LogP) is 4.72. The molecule has 0 amide bonds. The van der Waals surface area contributed by atoms with Gasteiger partial charge in [0.1, 0.15) is 0 Å². The van der Waals surface area contributed by atoms with Crippen molar-refractivity contribution in [1.29, 1.82) is 0 Å². The highest BCUT2D eigenvalue weighted by molar-refractivity contribution is 14.1. The number of benzene rings is 2. The zero-order chi connectivity index (χ0) is 14.7. The Balaban J connectivity index is 1.72. The molecule has 0 aliphatic carbocycles. The van der Waals surface area contributed by atoms with E-state index in [1.165, 1.54) is 0 Å². The number of fused-ring (bicyclic) bond motifs is 1. The molecule has 0 spiro atoms. The Morgan fingerprint density at radius 3 is 2.67 bits per heavy atom. The average molecular weight is 416 g/mol. The fourth-order valence-electron chi connectivity index (χ4n) is 2.15. The minimum absolute atomic E-state index is 0.691. The Morgan fingerprint density at radius 1 is 1.05 bits per heavy atom. The Bertz CT molecular complexity index is 648. The van der Waals surface area contributed by atoms with Gasteiger partial charge >= 0.3 is 0 Å². The van der Waals surface area contributed by atoms with Gasteiger partial charge in [0.25, 0.3) is 0 Å². The van der Waals surface area contributed by atoms with Gasteiger partial charge < -0.3 is 14.8 Å². The summed E-state index contributed by atoms with van der Waals surface area (Å²) >= 11 is 8.47. The standard InChI is InChI=1S/C16H15ClINO2/c17-13-9-12(18)3-4-14(13)19-10-11-2-5-15-16(8-11)21-7-1-6-20-15/h2-5,8-9,19H,1,6-7,10H2. The van der Waals surface area contributed by atoms with Crippen molar-refractivity contribution in [3.05, 3.63) is 50.6 Å². The van der Waals surface area contributed by atoms with Crippen molar-refractivity contribution in [1.82, 2.24) is 0 Å². The predicted molar refractivity (Wildman–Crippen MR) is 93.5 cm³/mol. The van der Waals surface area contributed by atoms with Crippen molar-refractivity contribution in [3.63, 3.8) is 0 Å². The van der Waals surface area contributed by atoms with Gasteiger partial charge in [0, 0.05) is 16.5 Å². The van der Waals surface area contributed by atoms with Gasteiger partial charge in [0.15, 0.2) is 11.5 Å². The molecule has 0 bridgehead atoms. The van der Waals surface area contributed by atoms with E-state index in [1.54, 1.807) is 0 Å². The van der Waals surface area contributed by atoms with E-state index in [2.05, 4.69) is 27.9 Å². The summed E-state index contributed by atoms with van der Waals surface area (Å²) in [7, 11) is 0. The van der Waals surface area contributed by atoms with E-state index in [-0.39, 0.29) is 0 Å². The average Bonchev–Trinajstić information content (AvgIpc) is 2.71. The quantitative estimate of drug-likeness (QED) is 0.736. The maximum Gasteiger partial charge on any atom is 0.161 e. The van der Waals surface area contributed by atoms with Crippen LogP contribution in [0.2, 0.25) is 5.02 Å². The fraction of sp³-hybridized carbons (Fsp3) is 0.250. The normalized spacial score (nSPS) is 13.6. The maximum absolute atomic E-state index is 6.22. The van der Waals surface area contributed by atoms with Crippen molar-refractivity contribution in [2.24, 2.45) is 0 Å². The van der Waals surface area contributed by atoms with Gasteiger partial charge in [-0.05, 0) is 58.5 Å². The Kier molecular flexibility index (Phi) is 4.75. The fourth-order valence-corrected chi connectivity index (χ4v) is 3.07. The van der Waals surface area contributed by atoms with Crippen LogP contribution in [0.3, 0.4) is 0 Å². The molecule has 0 aromatic heterocycles. The summed E-state index contributed by atoms with van der Waals surface area (Å²) in [6.07, 6.45) is 0.917. The first-order valence-electron chi connectivity index (χ1n) is 6.80. The lowest BCUT2D eigenvalue weighted by molar-refractivity contribution is 0.297. The van der Waals surface area contributed by atoms with Crippen LogP contribution in [0, 0.1) is 3.57 Å². The largest absolute Gasteiger partial charge is 0.490 e. The molecular weight excluding hydrogens is 401 g/mol. The van der Waals surface area contributed by atoms with Crippen molar-refractivity contribution in [2.45, 2.75) is 13.0 Å². The third-order valence-corrected chi connectivity index (χ3v) is 4.21. The summed E-state index contributed by atoms with van der Waals surface area (Å²) < 4.78 is 12.5. The molecule has 2 aromatic rings. The Hall–Kier alpha value is -1.14. The van der Waals surface area contributed by atoms with E-state index < -0.39 is 0 Å². The lowest BCUT2D eigenvalue weighted by Crippen LogP contribution is -2.01. The van der Waals surface area contributed by atoms with E-state index >= 15 is 0 Å². The molecule has 0 radical (unpaired) electrons. The van der Waals surface area contributed by atoms with Gasteiger partial charge in [-0.2, -0.15) is 0 Å². The van der Waals surface area contributed by atoms with Gasteiger partial charge in [-0.1, -0.05) is 17.7 Å². The van der Waals surface area contributed by atoms with Crippen LogP contribution >= 0.6 is 34.2 Å². The van der Waals surface area contributed by atoms with Crippen molar-refractivity contribution in [2.75, 3.05) is 18.5 Å². The molecule has 1 heterocycles. The molecule has 0 saturated carbocycles. The number of hydrogen-bond acceptors (Lipinski definition) is 3. The molecule has 3 rings (SSSR count). The number of rotatable bonds is 3. The molecule has 0 unspecified atom stereocenters. The second-order valence-corrected chi connectivity index (χ2v) is 6.46. The lowest BCUT2D eigenvalue weighted by Gasteiger charge is -2.12. The molecule has 1 aliphatic rings. The molecule has 1 N–H and O–H groups in total. The van der Waals surface area contributed by atoms with Crippen LogP contribution in [0.25, 0.3) is 0 Å². The zero-order valence-corrected chi connectivity index (χ0v) is 14.3. The molecule has 1 aliphatic heterocycles. The van der Waals surface area contributed by atoms with Crippen molar-refractivity contribution in [3.8, 4) is 11.5 Å². The molecule has 0 saturated heterocycles. The molecule has 0 atom stereocenters. The maximum atomic E-state index is 6.22. The van der Waals surface area contributed by atoms with Gasteiger partial charge in [-0.25, -0.2) is 0 Å². The Labute approximate surface area is 142 Å². The molecule has 21 heavy (non-hydrogen) atoms. The number of ether oxygens (including phenoxy) is 2. The number of anilines is 1. The second-order valence-electron chi connectivity index (χ2n) is 4.81. The number of halogens is 2. The SMILES string of the molecule is Clc1cc(I)ccc1NCc1ccc2c(c1)OCCCO2. The van der Waals surface area contributed by atoms with Crippen molar-refractivity contribution < 1.29 is 9.47 Å². The van der Waals surface area contributed by atoms with Crippen LogP contribution in [0.4, 0.5) is 5.69 Å². The van der Waals surface area contributed by atoms with Crippen molar-refractivity contribution >= 4 is 39.9 Å². The van der Waals surface area contributed by atoms with Crippen LogP contribution in [0.15, 0.2) is 36.4 Å². The van der Waals surface area contributed by atoms with Crippen LogP contribution in [0.5, 0.6) is 11.5 Å². The van der Waals surface area contributed by atoms with Crippen LogP contribution < -0.4 is 14.8 Å². The third kappa shape index (κ3) is 3.74. The monoisotopic (exact) mass is 415 g/mol. The first kappa shape index (κ1) is 14.8. The molecule has 2 aromatic carbocycles. The third-order valence-electron chi connectivity index (χ3n) is 3.23. The summed E-state index contributed by atoms with van der Waals surface area (Å²) in [6, 6.07) is 12.0. The summed E-state index contributed by atoms with van der Waals surface area (Å²) in [5, 5.41) is 4.08. The van der Waals surface area contributed by atoms with Gasteiger partial charge in [0.2, 0.25) is 0 Å². The van der Waals surface area contributed by atoms with E-state index in [4.69, 9.17) is 21.1 Å². The highest BCUT2D eigenvalue weighted by Gasteiger charge is 2.10. The minimum Gasteiger partial charge on any atom is -0.490 e. The highest BCUT2D eigenvalue weighted by atomic mass is 127. The van der Waals surface area contributed by atoms with E-state index in [0.29, 0.717) is 19.8 Å². The summed E-state index contributed by atoms with van der Waals surface area (Å²) in [6.45, 7) is 2.10. The number of nitrogens with one attached hydrogen (secondary N) is 1. The van der Waals surface area contributed by atoms with Crippen LogP contribution in [0.1, 0.15) is 12.0 Å². The van der Waals surface area contributed by atoms with E-state index in [1.807, 2.05) is 36.4 Å². The summed E-state index contributed by atoms with van der Waals surface area (Å²) in [4.78, 5) is 0. The Morgan fingerprint density at radius 2 is 1.86 bits per heavy atom. The summed E-state index contributed by atoms with van der Waals surface area (Å²) in [5.74, 6) is 1.64. The highest BCUT2D eigenvalue weighted by Crippen LogP contribution is 2.31. The molecule has 5 heteroatoms. The smallest absolute Gasteiger partial charge is 0.161 e. The van der Waals surface area contributed by atoms with Gasteiger partial charge in [0.05, 0.1) is 23.9 Å². The zero-order valence-electron chi connectivity index (χ0n) is 11.4. The van der Waals surface area contributed by atoms with Gasteiger partial charge in [-0.15, -0.1) is 0 Å². The van der Waals surface area contributed by atoms with Crippen LogP contribution in [-0.2, 0) is 6.54 Å². The molecule has 3 nitrogen and oxygen atoms in total.